The van der Waals surface area contributed by atoms with Gasteiger partial charge in [0.05, 0.1) is 11.2 Å². The van der Waals surface area contributed by atoms with Crippen LogP contribution in [0.2, 0.25) is 0 Å². The summed E-state index contributed by atoms with van der Waals surface area (Å²) in [5, 5.41) is 0. The lowest BCUT2D eigenvalue weighted by molar-refractivity contribution is 0.628. The maximum absolute atomic E-state index is 13.0. The summed E-state index contributed by atoms with van der Waals surface area (Å²) in [5.74, 6) is 0.505. The summed E-state index contributed by atoms with van der Waals surface area (Å²) in [6, 6.07) is 10.0. The van der Waals surface area contributed by atoms with E-state index in [4.69, 9.17) is 0 Å². The Balaban J connectivity index is 2.19. The normalized spacial score (nSPS) is 10.8. The topological polar surface area (TPSA) is 41.9 Å². The van der Waals surface area contributed by atoms with Gasteiger partial charge in [-0.15, -0.1) is 0 Å². The van der Waals surface area contributed by atoms with Crippen molar-refractivity contribution in [1.29, 1.82) is 0 Å². The molecule has 0 aliphatic heterocycles. The Labute approximate surface area is 115 Å². The molecular formula is C15H13FN4. The first kappa shape index (κ1) is 12.5. The molecule has 0 saturated heterocycles. The van der Waals surface area contributed by atoms with Crippen LogP contribution in [0.1, 0.15) is 0 Å². The molecule has 0 fully saturated rings. The number of hydrogen-bond donors (Lipinski definition) is 0. The zero-order valence-electron chi connectivity index (χ0n) is 11.2. The average molecular weight is 268 g/mol. The highest BCUT2D eigenvalue weighted by atomic mass is 19.1. The molecule has 0 radical (unpaired) electrons. The van der Waals surface area contributed by atoms with Crippen molar-refractivity contribution in [2.45, 2.75) is 0 Å². The van der Waals surface area contributed by atoms with Crippen molar-refractivity contribution in [2.24, 2.45) is 0 Å². The van der Waals surface area contributed by atoms with E-state index in [0.29, 0.717) is 0 Å². The van der Waals surface area contributed by atoms with E-state index in [9.17, 15) is 4.39 Å². The zero-order chi connectivity index (χ0) is 14.1. The molecule has 0 spiro atoms. The Kier molecular flexibility index (Phi) is 3.02. The van der Waals surface area contributed by atoms with E-state index in [1.54, 1.807) is 12.1 Å². The van der Waals surface area contributed by atoms with Gasteiger partial charge in [-0.3, -0.25) is 0 Å². The molecule has 0 N–H and O–H groups in total. The highest BCUT2D eigenvalue weighted by Gasteiger charge is 2.09. The zero-order valence-corrected chi connectivity index (χ0v) is 11.2. The second-order valence-corrected chi connectivity index (χ2v) is 4.66. The lowest BCUT2D eigenvalue weighted by atomic mass is 10.1. The van der Waals surface area contributed by atoms with Gasteiger partial charge in [0.1, 0.15) is 17.7 Å². The fourth-order valence-electron chi connectivity index (χ4n) is 2.04. The van der Waals surface area contributed by atoms with Crippen molar-refractivity contribution in [2.75, 3.05) is 19.0 Å². The van der Waals surface area contributed by atoms with Gasteiger partial charge in [0.25, 0.3) is 0 Å². The molecule has 0 aliphatic rings. The van der Waals surface area contributed by atoms with Crippen molar-refractivity contribution in [3.05, 3.63) is 48.5 Å². The number of nitrogens with zero attached hydrogens (tertiary/aromatic N) is 4. The van der Waals surface area contributed by atoms with Crippen LogP contribution in [0, 0.1) is 5.82 Å². The van der Waals surface area contributed by atoms with Gasteiger partial charge in [-0.2, -0.15) is 0 Å². The van der Waals surface area contributed by atoms with Crippen molar-refractivity contribution in [1.82, 2.24) is 15.0 Å². The minimum absolute atomic E-state index is 0.258. The van der Waals surface area contributed by atoms with Crippen molar-refractivity contribution < 1.29 is 4.39 Å². The van der Waals surface area contributed by atoms with Crippen LogP contribution in [-0.4, -0.2) is 29.0 Å². The number of rotatable bonds is 2. The summed E-state index contributed by atoms with van der Waals surface area (Å²) in [6.45, 7) is 0. The third kappa shape index (κ3) is 2.18. The SMILES string of the molecule is CN(C)c1ncnc2ccc(-c3ccc(F)cc3)nc12. The van der Waals surface area contributed by atoms with Gasteiger partial charge >= 0.3 is 0 Å². The molecule has 100 valence electrons. The third-order valence-corrected chi connectivity index (χ3v) is 3.03. The maximum atomic E-state index is 13.0. The van der Waals surface area contributed by atoms with Crippen molar-refractivity contribution in [3.63, 3.8) is 0 Å². The van der Waals surface area contributed by atoms with E-state index < -0.39 is 0 Å². The lowest BCUT2D eigenvalue weighted by Gasteiger charge is -2.13. The van der Waals surface area contributed by atoms with Crippen LogP contribution in [0.25, 0.3) is 22.3 Å². The number of anilines is 1. The van der Waals surface area contributed by atoms with Crippen LogP contribution in [0.4, 0.5) is 10.2 Å². The minimum atomic E-state index is -0.258. The molecule has 0 unspecified atom stereocenters. The van der Waals surface area contributed by atoms with Crippen LogP contribution < -0.4 is 4.90 Å². The van der Waals surface area contributed by atoms with E-state index in [1.165, 1.54) is 18.5 Å². The van der Waals surface area contributed by atoms with Gasteiger partial charge < -0.3 is 4.90 Å². The lowest BCUT2D eigenvalue weighted by Crippen LogP contribution is -2.12. The quantitative estimate of drug-likeness (QED) is 0.716. The second-order valence-electron chi connectivity index (χ2n) is 4.66. The predicted octanol–water partition coefficient (Wildman–Crippen LogP) is 2.90. The van der Waals surface area contributed by atoms with Crippen LogP contribution in [0.5, 0.6) is 0 Å². The van der Waals surface area contributed by atoms with Crippen molar-refractivity contribution in [3.8, 4) is 11.3 Å². The Hall–Kier alpha value is -2.56. The van der Waals surface area contributed by atoms with Gasteiger partial charge in [0.15, 0.2) is 5.82 Å². The molecule has 3 rings (SSSR count). The second kappa shape index (κ2) is 4.85. The summed E-state index contributed by atoms with van der Waals surface area (Å²) < 4.78 is 13.0. The molecule has 0 saturated carbocycles. The first-order valence-corrected chi connectivity index (χ1v) is 6.20. The van der Waals surface area contributed by atoms with Crippen LogP contribution in [0.15, 0.2) is 42.7 Å². The Morgan fingerprint density at radius 2 is 1.70 bits per heavy atom. The number of aromatic nitrogens is 3. The highest BCUT2D eigenvalue weighted by molar-refractivity contribution is 5.87. The number of fused-ring (bicyclic) bond motifs is 1. The Morgan fingerprint density at radius 3 is 2.40 bits per heavy atom. The number of halogens is 1. The van der Waals surface area contributed by atoms with E-state index in [1.807, 2.05) is 31.1 Å². The van der Waals surface area contributed by atoms with E-state index in [2.05, 4.69) is 15.0 Å². The molecule has 1 aromatic carbocycles. The van der Waals surface area contributed by atoms with Gasteiger partial charge in [-0.25, -0.2) is 19.3 Å². The van der Waals surface area contributed by atoms with Crippen LogP contribution in [-0.2, 0) is 0 Å². The molecule has 5 heteroatoms. The third-order valence-electron chi connectivity index (χ3n) is 3.03. The summed E-state index contributed by atoms with van der Waals surface area (Å²) in [7, 11) is 3.82. The molecule has 3 aromatic rings. The molecular weight excluding hydrogens is 255 g/mol. The fraction of sp³-hybridized carbons (Fsp3) is 0.133. The highest BCUT2D eigenvalue weighted by Crippen LogP contribution is 2.24. The molecule has 2 heterocycles. The van der Waals surface area contributed by atoms with Gasteiger partial charge in [0.2, 0.25) is 0 Å². The largest absolute Gasteiger partial charge is 0.361 e. The van der Waals surface area contributed by atoms with Gasteiger partial charge in [0, 0.05) is 19.7 Å². The molecule has 0 atom stereocenters. The summed E-state index contributed by atoms with van der Waals surface area (Å²) in [5.41, 5.74) is 3.16. The molecule has 0 aliphatic carbocycles. The first-order chi connectivity index (χ1) is 9.65. The molecule has 0 amide bonds. The Morgan fingerprint density at radius 1 is 0.950 bits per heavy atom. The average Bonchev–Trinajstić information content (AvgIpc) is 2.46. The first-order valence-electron chi connectivity index (χ1n) is 6.20. The fourth-order valence-corrected chi connectivity index (χ4v) is 2.04. The number of pyridine rings is 1. The molecule has 0 bridgehead atoms. The van der Waals surface area contributed by atoms with Crippen LogP contribution in [0.3, 0.4) is 0 Å². The Bertz CT molecular complexity index is 753. The van der Waals surface area contributed by atoms with E-state index >= 15 is 0 Å². The molecule has 4 nitrogen and oxygen atoms in total. The molecule has 2 aromatic heterocycles. The van der Waals surface area contributed by atoms with Gasteiger partial charge in [-0.05, 0) is 36.4 Å². The predicted molar refractivity (Wildman–Crippen MR) is 77.1 cm³/mol. The summed E-state index contributed by atoms with van der Waals surface area (Å²) >= 11 is 0. The van der Waals surface area contributed by atoms with Gasteiger partial charge in [-0.1, -0.05) is 0 Å². The van der Waals surface area contributed by atoms with E-state index in [0.717, 1.165) is 28.1 Å². The number of hydrogen-bond acceptors (Lipinski definition) is 4. The minimum Gasteiger partial charge on any atom is -0.361 e. The molecule has 20 heavy (non-hydrogen) atoms. The smallest absolute Gasteiger partial charge is 0.158 e. The monoisotopic (exact) mass is 268 g/mol. The van der Waals surface area contributed by atoms with Crippen LogP contribution >= 0.6 is 0 Å². The van der Waals surface area contributed by atoms with Crippen molar-refractivity contribution >= 4 is 16.9 Å². The van der Waals surface area contributed by atoms with E-state index in [-0.39, 0.29) is 5.82 Å². The number of benzene rings is 1. The summed E-state index contributed by atoms with van der Waals surface area (Å²) in [6.07, 6.45) is 1.52. The summed E-state index contributed by atoms with van der Waals surface area (Å²) in [4.78, 5) is 15.0. The standard InChI is InChI=1S/C15H13FN4/c1-20(2)15-14-13(17-9-18-15)8-7-12(19-14)10-3-5-11(16)6-4-10/h3-9H,1-2H3. The maximum Gasteiger partial charge on any atom is 0.158 e.